The average Bonchev–Trinajstić information content (AvgIpc) is 2.68. The molecule has 5 heteroatoms. The Kier molecular flexibility index (Phi) is 3.23. The number of oxime groups is 1. The Morgan fingerprint density at radius 2 is 2.33 bits per heavy atom. The van der Waals surface area contributed by atoms with Crippen LogP contribution < -0.4 is 0 Å². The third-order valence-corrected chi connectivity index (χ3v) is 4.18. The van der Waals surface area contributed by atoms with E-state index in [0.717, 1.165) is 9.86 Å². The number of fused-ring (bicyclic) bond motifs is 1. The maximum Gasteiger partial charge on any atom is 0.151 e. The fraction of sp³-hybridized carbons (Fsp3) is 0.200. The van der Waals surface area contributed by atoms with E-state index in [1.54, 1.807) is 30.0 Å². The first-order chi connectivity index (χ1) is 7.29. The van der Waals surface area contributed by atoms with Gasteiger partial charge in [-0.2, -0.15) is 0 Å². The second-order valence-corrected chi connectivity index (χ2v) is 5.32. The summed E-state index contributed by atoms with van der Waals surface area (Å²) in [5.41, 5.74) is 1.74. The van der Waals surface area contributed by atoms with Crippen LogP contribution >= 0.6 is 23.1 Å². The lowest BCUT2D eigenvalue weighted by atomic mass is 10.3. The summed E-state index contributed by atoms with van der Waals surface area (Å²) in [6.45, 7) is 1.79. The Labute approximate surface area is 95.8 Å². The van der Waals surface area contributed by atoms with E-state index >= 15 is 0 Å². The van der Waals surface area contributed by atoms with Crippen LogP contribution in [0, 0.1) is 0 Å². The van der Waals surface area contributed by atoms with Crippen LogP contribution in [0.15, 0.2) is 33.8 Å². The Morgan fingerprint density at radius 1 is 1.53 bits per heavy atom. The summed E-state index contributed by atoms with van der Waals surface area (Å²) in [4.78, 5) is 4.46. The number of para-hydroxylation sites is 1. The SMILES string of the molecule is CC(CSc1nc2ccccc2s1)=NO. The highest BCUT2D eigenvalue weighted by molar-refractivity contribution is 8.01. The van der Waals surface area contributed by atoms with E-state index in [2.05, 4.69) is 16.2 Å². The quantitative estimate of drug-likeness (QED) is 0.386. The molecule has 0 saturated carbocycles. The molecule has 0 fully saturated rings. The molecule has 1 heterocycles. The topological polar surface area (TPSA) is 45.5 Å². The molecule has 3 nitrogen and oxygen atoms in total. The molecule has 78 valence electrons. The highest BCUT2D eigenvalue weighted by atomic mass is 32.2. The Balaban J connectivity index is 2.15. The first-order valence-electron chi connectivity index (χ1n) is 4.45. The summed E-state index contributed by atoms with van der Waals surface area (Å²) < 4.78 is 2.21. The molecule has 0 aliphatic carbocycles. The number of aromatic nitrogens is 1. The molecule has 0 bridgehead atoms. The van der Waals surface area contributed by atoms with Gasteiger partial charge in [0.1, 0.15) is 0 Å². The van der Waals surface area contributed by atoms with Crippen LogP contribution in [0.5, 0.6) is 0 Å². The van der Waals surface area contributed by atoms with E-state index in [0.29, 0.717) is 11.5 Å². The van der Waals surface area contributed by atoms with Gasteiger partial charge in [-0.1, -0.05) is 29.1 Å². The monoisotopic (exact) mass is 238 g/mol. The van der Waals surface area contributed by atoms with Crippen molar-refractivity contribution >= 4 is 39.0 Å². The predicted molar refractivity (Wildman–Crippen MR) is 65.2 cm³/mol. The van der Waals surface area contributed by atoms with Crippen molar-refractivity contribution in [2.24, 2.45) is 5.16 Å². The summed E-state index contributed by atoms with van der Waals surface area (Å²) in [5, 5.41) is 11.6. The molecular weight excluding hydrogens is 228 g/mol. The van der Waals surface area contributed by atoms with E-state index < -0.39 is 0 Å². The summed E-state index contributed by atoms with van der Waals surface area (Å²) in [6, 6.07) is 8.05. The fourth-order valence-electron chi connectivity index (χ4n) is 1.11. The van der Waals surface area contributed by atoms with Gasteiger partial charge in [0.2, 0.25) is 0 Å². The van der Waals surface area contributed by atoms with Crippen molar-refractivity contribution in [2.45, 2.75) is 11.3 Å². The molecule has 0 aliphatic rings. The van der Waals surface area contributed by atoms with Gasteiger partial charge in [0, 0.05) is 5.75 Å². The highest BCUT2D eigenvalue weighted by Gasteiger charge is 2.03. The molecule has 15 heavy (non-hydrogen) atoms. The minimum Gasteiger partial charge on any atom is -0.411 e. The van der Waals surface area contributed by atoms with Crippen LogP contribution in [0.1, 0.15) is 6.92 Å². The lowest BCUT2D eigenvalue weighted by Gasteiger charge is -1.93. The second kappa shape index (κ2) is 4.63. The first kappa shape index (κ1) is 10.4. The zero-order valence-electron chi connectivity index (χ0n) is 8.17. The Hall–Kier alpha value is -1.07. The molecule has 0 amide bonds. The fourth-order valence-corrected chi connectivity index (χ4v) is 3.04. The average molecular weight is 238 g/mol. The standard InChI is InChI=1S/C10H10N2OS2/c1-7(12-13)6-14-10-11-8-4-2-3-5-9(8)15-10/h2-5,13H,6H2,1H3. The molecule has 0 saturated heterocycles. The van der Waals surface area contributed by atoms with Crippen molar-refractivity contribution in [3.8, 4) is 0 Å². The van der Waals surface area contributed by atoms with E-state index in [-0.39, 0.29) is 0 Å². The van der Waals surface area contributed by atoms with E-state index in [1.165, 1.54) is 4.70 Å². The summed E-state index contributed by atoms with van der Waals surface area (Å²) >= 11 is 3.26. The zero-order chi connectivity index (χ0) is 10.7. The lowest BCUT2D eigenvalue weighted by molar-refractivity contribution is 0.318. The van der Waals surface area contributed by atoms with E-state index in [9.17, 15) is 0 Å². The third kappa shape index (κ3) is 2.49. The number of rotatable bonds is 3. The minimum absolute atomic E-state index is 0.677. The molecule has 0 unspecified atom stereocenters. The van der Waals surface area contributed by atoms with Crippen LogP contribution in [0.25, 0.3) is 10.2 Å². The minimum atomic E-state index is 0.677. The lowest BCUT2D eigenvalue weighted by Crippen LogP contribution is -1.93. The number of thiazole rings is 1. The van der Waals surface area contributed by atoms with Gasteiger partial charge in [0.25, 0.3) is 0 Å². The Morgan fingerprint density at radius 3 is 3.07 bits per heavy atom. The molecule has 2 rings (SSSR count). The van der Waals surface area contributed by atoms with Crippen LogP contribution in [-0.2, 0) is 0 Å². The zero-order valence-corrected chi connectivity index (χ0v) is 9.81. The maximum atomic E-state index is 8.51. The van der Waals surface area contributed by atoms with Crippen molar-refractivity contribution in [2.75, 3.05) is 5.75 Å². The van der Waals surface area contributed by atoms with Crippen LogP contribution in [0.2, 0.25) is 0 Å². The van der Waals surface area contributed by atoms with Gasteiger partial charge in [-0.25, -0.2) is 4.98 Å². The number of benzene rings is 1. The number of hydrogen-bond donors (Lipinski definition) is 1. The normalized spacial score (nSPS) is 12.2. The molecular formula is C10H10N2OS2. The largest absolute Gasteiger partial charge is 0.411 e. The molecule has 0 radical (unpaired) electrons. The van der Waals surface area contributed by atoms with Crippen molar-refractivity contribution in [3.05, 3.63) is 24.3 Å². The van der Waals surface area contributed by atoms with Gasteiger partial charge in [-0.05, 0) is 19.1 Å². The summed E-state index contributed by atoms with van der Waals surface area (Å²) in [6.07, 6.45) is 0. The third-order valence-electron chi connectivity index (χ3n) is 1.85. The van der Waals surface area contributed by atoms with Crippen molar-refractivity contribution in [1.29, 1.82) is 0 Å². The molecule has 1 N–H and O–H groups in total. The van der Waals surface area contributed by atoms with Gasteiger partial charge < -0.3 is 5.21 Å². The molecule has 0 atom stereocenters. The van der Waals surface area contributed by atoms with Gasteiger partial charge in [-0.15, -0.1) is 11.3 Å². The number of thioether (sulfide) groups is 1. The second-order valence-electron chi connectivity index (χ2n) is 3.07. The van der Waals surface area contributed by atoms with E-state index in [4.69, 9.17) is 5.21 Å². The van der Waals surface area contributed by atoms with Crippen LogP contribution in [-0.4, -0.2) is 21.7 Å². The smallest absolute Gasteiger partial charge is 0.151 e. The molecule has 2 aromatic rings. The van der Waals surface area contributed by atoms with Crippen LogP contribution in [0.3, 0.4) is 0 Å². The van der Waals surface area contributed by atoms with Crippen molar-refractivity contribution in [1.82, 2.24) is 4.98 Å². The van der Waals surface area contributed by atoms with Gasteiger partial charge in [-0.3, -0.25) is 0 Å². The molecule has 1 aromatic carbocycles. The van der Waals surface area contributed by atoms with Gasteiger partial charge >= 0.3 is 0 Å². The van der Waals surface area contributed by atoms with Crippen LogP contribution in [0.4, 0.5) is 0 Å². The van der Waals surface area contributed by atoms with Crippen molar-refractivity contribution < 1.29 is 5.21 Å². The predicted octanol–water partition coefficient (Wildman–Crippen LogP) is 3.24. The maximum absolute atomic E-state index is 8.51. The molecule has 0 spiro atoms. The molecule has 0 aliphatic heterocycles. The highest BCUT2D eigenvalue weighted by Crippen LogP contribution is 2.29. The molecule has 1 aromatic heterocycles. The first-order valence-corrected chi connectivity index (χ1v) is 6.25. The summed E-state index contributed by atoms with van der Waals surface area (Å²) in [7, 11) is 0. The van der Waals surface area contributed by atoms with E-state index in [1.807, 2.05) is 18.2 Å². The summed E-state index contributed by atoms with van der Waals surface area (Å²) in [5.74, 6) is 0.677. The van der Waals surface area contributed by atoms with Crippen molar-refractivity contribution in [3.63, 3.8) is 0 Å². The van der Waals surface area contributed by atoms with Gasteiger partial charge in [0.05, 0.1) is 15.9 Å². The Bertz CT molecular complexity index is 460. The van der Waals surface area contributed by atoms with Gasteiger partial charge in [0.15, 0.2) is 4.34 Å². The number of nitrogens with zero attached hydrogens (tertiary/aromatic N) is 2. The number of hydrogen-bond acceptors (Lipinski definition) is 5.